The van der Waals surface area contributed by atoms with Crippen molar-refractivity contribution >= 4 is 17.5 Å². The maximum atomic E-state index is 12.3. The third-order valence-electron chi connectivity index (χ3n) is 3.30. The Bertz CT molecular complexity index is 645. The monoisotopic (exact) mass is 261 g/mol. The Morgan fingerprint density at radius 2 is 2.05 bits per heavy atom. The molecule has 0 saturated carbocycles. The van der Waals surface area contributed by atoms with Crippen LogP contribution >= 0.6 is 0 Å². The summed E-state index contributed by atoms with van der Waals surface area (Å²) in [6, 6.07) is 3.36. The summed E-state index contributed by atoms with van der Waals surface area (Å²) < 4.78 is 1.72. The number of hydrogen-bond acceptors (Lipinski definition) is 3. The van der Waals surface area contributed by atoms with E-state index >= 15 is 0 Å². The van der Waals surface area contributed by atoms with E-state index in [0.29, 0.717) is 5.56 Å². The van der Waals surface area contributed by atoms with Crippen LogP contribution in [0.15, 0.2) is 30.7 Å². The molecule has 0 fully saturated rings. The molecule has 2 heterocycles. The van der Waals surface area contributed by atoms with Crippen molar-refractivity contribution in [3.8, 4) is 0 Å². The molecule has 0 spiro atoms. The van der Waals surface area contributed by atoms with Crippen LogP contribution in [-0.4, -0.2) is 43.9 Å². The van der Waals surface area contributed by atoms with Crippen molar-refractivity contribution in [2.45, 2.75) is 19.4 Å². The smallest absolute Gasteiger partial charge is 0.329 e. The molecular formula is C13H15N3O3. The van der Waals surface area contributed by atoms with E-state index in [4.69, 9.17) is 5.11 Å². The standard InChI is InChI=1S/C13H15N3O3/c1-13(2,12(18)19)15(3)11(17)9-4-5-10-14-6-7-16(10)8-9/h4-8H,1-3H3,(H,18,19). The van der Waals surface area contributed by atoms with Gasteiger partial charge in [0, 0.05) is 25.6 Å². The third-order valence-corrected chi connectivity index (χ3v) is 3.30. The number of rotatable bonds is 3. The zero-order valence-electron chi connectivity index (χ0n) is 11.0. The number of carbonyl (C=O) groups excluding carboxylic acids is 1. The number of imidazole rings is 1. The zero-order valence-corrected chi connectivity index (χ0v) is 11.0. The predicted octanol–water partition coefficient (Wildman–Crippen LogP) is 1.27. The second-order valence-electron chi connectivity index (χ2n) is 4.84. The number of carboxylic acids is 1. The molecule has 1 amide bonds. The van der Waals surface area contributed by atoms with E-state index in [1.165, 1.54) is 25.8 Å². The van der Waals surface area contributed by atoms with Gasteiger partial charge in [0.1, 0.15) is 11.2 Å². The fraction of sp³-hybridized carbons (Fsp3) is 0.308. The van der Waals surface area contributed by atoms with Crippen LogP contribution in [0.5, 0.6) is 0 Å². The normalized spacial score (nSPS) is 11.5. The molecule has 2 rings (SSSR count). The number of likely N-dealkylation sites (N-methyl/N-ethyl adjacent to an activating group) is 1. The Kier molecular flexibility index (Phi) is 3.01. The van der Waals surface area contributed by atoms with Gasteiger partial charge in [0.15, 0.2) is 0 Å². The summed E-state index contributed by atoms with van der Waals surface area (Å²) >= 11 is 0. The fourth-order valence-corrected chi connectivity index (χ4v) is 1.64. The van der Waals surface area contributed by atoms with Crippen LogP contribution < -0.4 is 0 Å². The van der Waals surface area contributed by atoms with Gasteiger partial charge in [-0.2, -0.15) is 0 Å². The Morgan fingerprint density at radius 1 is 1.37 bits per heavy atom. The lowest BCUT2D eigenvalue weighted by Crippen LogP contribution is -2.50. The Morgan fingerprint density at radius 3 is 2.68 bits per heavy atom. The molecule has 1 N–H and O–H groups in total. The number of aliphatic carboxylic acids is 1. The molecule has 100 valence electrons. The molecule has 19 heavy (non-hydrogen) atoms. The van der Waals surface area contributed by atoms with Crippen molar-refractivity contribution < 1.29 is 14.7 Å². The summed E-state index contributed by atoms with van der Waals surface area (Å²) in [5.41, 5.74) is -0.111. The second kappa shape index (κ2) is 4.38. The number of pyridine rings is 1. The molecule has 0 aromatic carbocycles. The molecule has 6 heteroatoms. The lowest BCUT2D eigenvalue weighted by atomic mass is 10.0. The fourth-order valence-electron chi connectivity index (χ4n) is 1.64. The van der Waals surface area contributed by atoms with Gasteiger partial charge in [0.05, 0.1) is 5.56 Å². The Hall–Kier alpha value is -2.37. The Labute approximate surface area is 110 Å². The van der Waals surface area contributed by atoms with Crippen molar-refractivity contribution in [1.82, 2.24) is 14.3 Å². The first-order valence-electron chi connectivity index (χ1n) is 5.78. The maximum Gasteiger partial charge on any atom is 0.329 e. The first-order chi connectivity index (χ1) is 8.84. The van der Waals surface area contributed by atoms with Gasteiger partial charge in [-0.15, -0.1) is 0 Å². The molecule has 2 aromatic heterocycles. The molecular weight excluding hydrogens is 246 g/mol. The lowest BCUT2D eigenvalue weighted by Gasteiger charge is -2.31. The van der Waals surface area contributed by atoms with Gasteiger partial charge >= 0.3 is 5.97 Å². The van der Waals surface area contributed by atoms with E-state index in [0.717, 1.165) is 5.65 Å². The van der Waals surface area contributed by atoms with Gasteiger partial charge in [0.25, 0.3) is 5.91 Å². The van der Waals surface area contributed by atoms with E-state index in [1.54, 1.807) is 35.1 Å². The maximum absolute atomic E-state index is 12.3. The SMILES string of the molecule is CN(C(=O)c1ccc2nccn2c1)C(C)(C)C(=O)O. The number of hydrogen-bond donors (Lipinski definition) is 1. The highest BCUT2D eigenvalue weighted by molar-refractivity contribution is 5.97. The van der Waals surface area contributed by atoms with Crippen LogP contribution in [0, 0.1) is 0 Å². The largest absolute Gasteiger partial charge is 0.480 e. The number of aromatic nitrogens is 2. The molecule has 0 aliphatic rings. The quantitative estimate of drug-likeness (QED) is 0.902. The van der Waals surface area contributed by atoms with E-state index in [-0.39, 0.29) is 5.91 Å². The van der Waals surface area contributed by atoms with Gasteiger partial charge in [-0.05, 0) is 26.0 Å². The van der Waals surface area contributed by atoms with Crippen molar-refractivity contribution in [3.63, 3.8) is 0 Å². The minimum absolute atomic E-state index is 0.344. The number of carbonyl (C=O) groups is 2. The van der Waals surface area contributed by atoms with Crippen molar-refractivity contribution in [2.75, 3.05) is 7.05 Å². The number of carboxylic acid groups (broad SMARTS) is 1. The lowest BCUT2D eigenvalue weighted by molar-refractivity contribution is -0.147. The van der Waals surface area contributed by atoms with Crippen LogP contribution in [0.25, 0.3) is 5.65 Å². The van der Waals surface area contributed by atoms with Gasteiger partial charge in [-0.3, -0.25) is 4.79 Å². The van der Waals surface area contributed by atoms with Crippen molar-refractivity contribution in [2.24, 2.45) is 0 Å². The molecule has 0 radical (unpaired) electrons. The number of amides is 1. The Balaban J connectivity index is 2.35. The summed E-state index contributed by atoms with van der Waals surface area (Å²) in [6.07, 6.45) is 5.00. The minimum atomic E-state index is -1.26. The highest BCUT2D eigenvalue weighted by atomic mass is 16.4. The average molecular weight is 261 g/mol. The molecule has 0 aliphatic carbocycles. The average Bonchev–Trinajstić information content (AvgIpc) is 2.83. The highest BCUT2D eigenvalue weighted by Crippen LogP contribution is 2.16. The third kappa shape index (κ3) is 2.16. The van der Waals surface area contributed by atoms with E-state index < -0.39 is 11.5 Å². The minimum Gasteiger partial charge on any atom is -0.480 e. The van der Waals surface area contributed by atoms with E-state index in [9.17, 15) is 9.59 Å². The van der Waals surface area contributed by atoms with Crippen LogP contribution in [-0.2, 0) is 4.79 Å². The van der Waals surface area contributed by atoms with Gasteiger partial charge < -0.3 is 14.4 Å². The first-order valence-corrected chi connectivity index (χ1v) is 5.78. The molecule has 6 nitrogen and oxygen atoms in total. The van der Waals surface area contributed by atoms with Crippen LogP contribution in [0.3, 0.4) is 0 Å². The summed E-state index contributed by atoms with van der Waals surface area (Å²) in [6.45, 7) is 2.98. The van der Waals surface area contributed by atoms with Gasteiger partial charge in [0.2, 0.25) is 0 Å². The summed E-state index contributed by atoms with van der Waals surface area (Å²) in [4.78, 5) is 28.8. The van der Waals surface area contributed by atoms with E-state index in [2.05, 4.69) is 4.98 Å². The predicted molar refractivity (Wildman–Crippen MR) is 69.0 cm³/mol. The first kappa shape index (κ1) is 13.1. The van der Waals surface area contributed by atoms with Gasteiger partial charge in [-0.1, -0.05) is 0 Å². The molecule has 0 aliphatic heterocycles. The van der Waals surface area contributed by atoms with Crippen LogP contribution in [0.1, 0.15) is 24.2 Å². The molecule has 0 unspecified atom stereocenters. The van der Waals surface area contributed by atoms with Gasteiger partial charge in [-0.25, -0.2) is 9.78 Å². The van der Waals surface area contributed by atoms with Crippen LogP contribution in [0.2, 0.25) is 0 Å². The second-order valence-corrected chi connectivity index (χ2v) is 4.84. The van der Waals surface area contributed by atoms with Crippen molar-refractivity contribution in [3.05, 3.63) is 36.3 Å². The van der Waals surface area contributed by atoms with Crippen LogP contribution in [0.4, 0.5) is 0 Å². The molecule has 0 atom stereocenters. The molecule has 0 bridgehead atoms. The topological polar surface area (TPSA) is 74.9 Å². The number of fused-ring (bicyclic) bond motifs is 1. The molecule has 2 aromatic rings. The number of nitrogens with zero attached hydrogens (tertiary/aromatic N) is 3. The summed E-state index contributed by atoms with van der Waals surface area (Å²) in [5, 5.41) is 9.14. The summed E-state index contributed by atoms with van der Waals surface area (Å²) in [5.74, 6) is -1.39. The van der Waals surface area contributed by atoms with Crippen molar-refractivity contribution in [1.29, 1.82) is 0 Å². The highest BCUT2D eigenvalue weighted by Gasteiger charge is 2.35. The molecule has 0 saturated heterocycles. The van der Waals surface area contributed by atoms with E-state index in [1.807, 2.05) is 0 Å². The zero-order chi connectivity index (χ0) is 14.2. The summed E-state index contributed by atoms with van der Waals surface area (Å²) in [7, 11) is 1.48.